The van der Waals surface area contributed by atoms with Crippen molar-refractivity contribution in [3.8, 4) is 11.5 Å². The molecule has 0 radical (unpaired) electrons. The highest BCUT2D eigenvalue weighted by Gasteiger charge is 2.21. The highest BCUT2D eigenvalue weighted by atomic mass is 16.5. The monoisotopic (exact) mass is 276 g/mol. The van der Waals surface area contributed by atoms with Gasteiger partial charge < -0.3 is 19.0 Å². The van der Waals surface area contributed by atoms with Gasteiger partial charge in [-0.3, -0.25) is 0 Å². The molecule has 1 aromatic carbocycles. The standard InChI is InChI=1S/C15H16O5/c1-18-13-8-12-11(7-14(13)19-6-5-16)9-3-2-4-10(9)15(17)20-12/h7-8,16H,2-6H2,1H3. The lowest BCUT2D eigenvalue weighted by Gasteiger charge is -2.12. The van der Waals surface area contributed by atoms with E-state index in [0.29, 0.717) is 17.1 Å². The number of aryl methyl sites for hydroxylation is 1. The van der Waals surface area contributed by atoms with Gasteiger partial charge in [0.2, 0.25) is 0 Å². The molecule has 0 saturated heterocycles. The number of rotatable bonds is 4. The number of aliphatic hydroxyl groups excluding tert-OH is 1. The Morgan fingerprint density at radius 2 is 2.05 bits per heavy atom. The van der Waals surface area contributed by atoms with Crippen molar-refractivity contribution in [2.24, 2.45) is 0 Å². The fraction of sp³-hybridized carbons (Fsp3) is 0.400. The molecule has 1 aliphatic rings. The van der Waals surface area contributed by atoms with Crippen LogP contribution in [0.15, 0.2) is 21.3 Å². The molecule has 3 rings (SSSR count). The highest BCUT2D eigenvalue weighted by molar-refractivity contribution is 5.85. The zero-order valence-corrected chi connectivity index (χ0v) is 11.3. The molecular weight excluding hydrogens is 260 g/mol. The molecule has 0 unspecified atom stereocenters. The maximum absolute atomic E-state index is 11.9. The zero-order valence-electron chi connectivity index (χ0n) is 11.3. The molecule has 5 heteroatoms. The summed E-state index contributed by atoms with van der Waals surface area (Å²) >= 11 is 0. The molecule has 1 N–H and O–H groups in total. The lowest BCUT2D eigenvalue weighted by molar-refractivity contribution is 0.196. The van der Waals surface area contributed by atoms with Crippen LogP contribution in [-0.2, 0) is 12.8 Å². The summed E-state index contributed by atoms with van der Waals surface area (Å²) in [7, 11) is 1.53. The summed E-state index contributed by atoms with van der Waals surface area (Å²) in [4.78, 5) is 11.9. The van der Waals surface area contributed by atoms with E-state index in [-0.39, 0.29) is 18.8 Å². The average Bonchev–Trinajstić information content (AvgIpc) is 2.95. The van der Waals surface area contributed by atoms with Crippen LogP contribution in [0.25, 0.3) is 11.0 Å². The van der Waals surface area contributed by atoms with Gasteiger partial charge in [0.25, 0.3) is 0 Å². The Kier molecular flexibility index (Phi) is 3.36. The van der Waals surface area contributed by atoms with Crippen molar-refractivity contribution >= 4 is 11.0 Å². The van der Waals surface area contributed by atoms with E-state index < -0.39 is 0 Å². The van der Waals surface area contributed by atoms with Crippen LogP contribution in [0.3, 0.4) is 0 Å². The second-order valence-corrected chi connectivity index (χ2v) is 4.77. The predicted octanol–water partition coefficient (Wildman–Crippen LogP) is 1.66. The largest absolute Gasteiger partial charge is 0.493 e. The highest BCUT2D eigenvalue weighted by Crippen LogP contribution is 2.36. The molecule has 1 aromatic heterocycles. The van der Waals surface area contributed by atoms with Gasteiger partial charge in [0.1, 0.15) is 12.2 Å². The summed E-state index contributed by atoms with van der Waals surface area (Å²) in [6, 6.07) is 3.50. The molecule has 0 spiro atoms. The summed E-state index contributed by atoms with van der Waals surface area (Å²) in [5, 5.41) is 9.76. The minimum atomic E-state index is -0.254. The number of hydrogen-bond acceptors (Lipinski definition) is 5. The quantitative estimate of drug-likeness (QED) is 0.860. The molecule has 0 aliphatic heterocycles. The molecule has 0 amide bonds. The summed E-state index contributed by atoms with van der Waals surface area (Å²) < 4.78 is 16.1. The minimum Gasteiger partial charge on any atom is -0.493 e. The van der Waals surface area contributed by atoms with Crippen LogP contribution in [0.2, 0.25) is 0 Å². The van der Waals surface area contributed by atoms with Crippen LogP contribution < -0.4 is 15.1 Å². The molecule has 0 atom stereocenters. The topological polar surface area (TPSA) is 68.9 Å². The number of hydrogen-bond donors (Lipinski definition) is 1. The van der Waals surface area contributed by atoms with Gasteiger partial charge in [-0.2, -0.15) is 0 Å². The van der Waals surface area contributed by atoms with Crippen molar-refractivity contribution in [3.05, 3.63) is 33.7 Å². The fourth-order valence-electron chi connectivity index (χ4n) is 2.72. The van der Waals surface area contributed by atoms with Crippen LogP contribution in [0.5, 0.6) is 11.5 Å². The third-order valence-electron chi connectivity index (χ3n) is 3.61. The zero-order chi connectivity index (χ0) is 14.1. The van der Waals surface area contributed by atoms with Gasteiger partial charge in [-0.15, -0.1) is 0 Å². The SMILES string of the molecule is COc1cc2oc(=O)c3c(c2cc1OCCO)CCC3. The molecule has 1 aliphatic carbocycles. The van der Waals surface area contributed by atoms with Gasteiger partial charge in [-0.1, -0.05) is 0 Å². The lowest BCUT2D eigenvalue weighted by atomic mass is 10.1. The van der Waals surface area contributed by atoms with Gasteiger partial charge in [-0.25, -0.2) is 4.79 Å². The van der Waals surface area contributed by atoms with E-state index in [4.69, 9.17) is 19.0 Å². The first kappa shape index (κ1) is 13.0. The van der Waals surface area contributed by atoms with Crippen molar-refractivity contribution < 1.29 is 19.0 Å². The Labute approximate surface area is 115 Å². The molecule has 0 saturated carbocycles. The second kappa shape index (κ2) is 5.17. The molecule has 2 aromatic rings. The minimum absolute atomic E-state index is 0.0663. The molecule has 0 bridgehead atoms. The molecular formula is C15H16O5. The summed E-state index contributed by atoms with van der Waals surface area (Å²) in [5.41, 5.74) is 2.09. The molecule has 5 nitrogen and oxygen atoms in total. The first-order valence-electron chi connectivity index (χ1n) is 6.65. The Bertz CT molecular complexity index is 701. The maximum Gasteiger partial charge on any atom is 0.339 e. The van der Waals surface area contributed by atoms with E-state index in [2.05, 4.69) is 0 Å². The Morgan fingerprint density at radius 1 is 1.25 bits per heavy atom. The van der Waals surface area contributed by atoms with Crippen LogP contribution in [0.4, 0.5) is 0 Å². The average molecular weight is 276 g/mol. The number of fused-ring (bicyclic) bond motifs is 3. The van der Waals surface area contributed by atoms with Gasteiger partial charge >= 0.3 is 5.63 Å². The molecule has 106 valence electrons. The lowest BCUT2D eigenvalue weighted by Crippen LogP contribution is -2.08. The summed E-state index contributed by atoms with van der Waals surface area (Å²) in [6.07, 6.45) is 2.62. The normalized spacial score (nSPS) is 13.5. The first-order valence-corrected chi connectivity index (χ1v) is 6.65. The second-order valence-electron chi connectivity index (χ2n) is 4.77. The van der Waals surface area contributed by atoms with Crippen LogP contribution in [0.1, 0.15) is 17.5 Å². The van der Waals surface area contributed by atoms with Crippen molar-refractivity contribution in [2.75, 3.05) is 20.3 Å². The summed E-state index contributed by atoms with van der Waals surface area (Å²) in [6.45, 7) is 0.129. The van der Waals surface area contributed by atoms with Crippen LogP contribution in [-0.4, -0.2) is 25.4 Å². The Morgan fingerprint density at radius 3 is 2.80 bits per heavy atom. The third-order valence-corrected chi connectivity index (χ3v) is 3.61. The van der Waals surface area contributed by atoms with E-state index in [1.807, 2.05) is 6.07 Å². The number of methoxy groups -OCH3 is 1. The van der Waals surface area contributed by atoms with E-state index >= 15 is 0 Å². The van der Waals surface area contributed by atoms with E-state index in [1.165, 1.54) is 7.11 Å². The van der Waals surface area contributed by atoms with Crippen molar-refractivity contribution in [2.45, 2.75) is 19.3 Å². The Hall–Kier alpha value is -2.01. The van der Waals surface area contributed by atoms with E-state index in [0.717, 1.165) is 35.8 Å². The van der Waals surface area contributed by atoms with Crippen LogP contribution in [0, 0.1) is 0 Å². The molecule has 20 heavy (non-hydrogen) atoms. The van der Waals surface area contributed by atoms with Gasteiger partial charge in [0.15, 0.2) is 11.5 Å². The van der Waals surface area contributed by atoms with Gasteiger partial charge in [0.05, 0.1) is 13.7 Å². The number of benzene rings is 1. The van der Waals surface area contributed by atoms with E-state index in [1.54, 1.807) is 6.07 Å². The van der Waals surface area contributed by atoms with E-state index in [9.17, 15) is 4.79 Å². The van der Waals surface area contributed by atoms with Crippen molar-refractivity contribution in [3.63, 3.8) is 0 Å². The fourth-order valence-corrected chi connectivity index (χ4v) is 2.72. The Balaban J connectivity index is 2.21. The molecule has 1 heterocycles. The smallest absolute Gasteiger partial charge is 0.339 e. The number of aliphatic hydroxyl groups is 1. The van der Waals surface area contributed by atoms with Crippen molar-refractivity contribution in [1.29, 1.82) is 0 Å². The molecule has 0 fully saturated rings. The maximum atomic E-state index is 11.9. The van der Waals surface area contributed by atoms with Gasteiger partial charge in [0, 0.05) is 17.0 Å². The van der Waals surface area contributed by atoms with Gasteiger partial charge in [-0.05, 0) is 30.9 Å². The van der Waals surface area contributed by atoms with Crippen molar-refractivity contribution in [1.82, 2.24) is 0 Å². The first-order chi connectivity index (χ1) is 9.74. The predicted molar refractivity (Wildman–Crippen MR) is 73.6 cm³/mol. The number of ether oxygens (including phenoxy) is 2. The third kappa shape index (κ3) is 2.04. The van der Waals surface area contributed by atoms with Crippen LogP contribution >= 0.6 is 0 Å². The summed E-state index contributed by atoms with van der Waals surface area (Å²) in [5.74, 6) is 1.05.